The van der Waals surface area contributed by atoms with Crippen LogP contribution in [-0.2, 0) is 44.8 Å². The van der Waals surface area contributed by atoms with Crippen LogP contribution in [-0.4, -0.2) is 110 Å². The predicted octanol–water partition coefficient (Wildman–Crippen LogP) is 13.7. The maximum absolute atomic E-state index is 12.9. The van der Waals surface area contributed by atoms with E-state index in [1.54, 1.807) is 4.90 Å². The second kappa shape index (κ2) is 27.9. The summed E-state index contributed by atoms with van der Waals surface area (Å²) >= 11 is 0. The number of rotatable bonds is 8. The van der Waals surface area contributed by atoms with Crippen molar-refractivity contribution in [2.24, 2.45) is 74.9 Å². The minimum absolute atomic E-state index is 0.00501. The number of hydrogen-bond acceptors (Lipinski definition) is 8. The molecule has 1 aromatic rings. The van der Waals surface area contributed by atoms with Gasteiger partial charge >= 0.3 is 0 Å². The van der Waals surface area contributed by atoms with E-state index in [2.05, 4.69) is 6.07 Å². The molecule has 1 aromatic carbocycles. The van der Waals surface area contributed by atoms with Gasteiger partial charge in [-0.05, 0) is 98.5 Å². The fourth-order valence-corrected chi connectivity index (χ4v) is 14.4. The van der Waals surface area contributed by atoms with E-state index in [1.807, 2.05) is 171 Å². The molecule has 82 heavy (non-hydrogen) atoms. The number of likely N-dealkylation sites (tertiary alicyclic amines) is 3. The third-order valence-corrected chi connectivity index (χ3v) is 19.1. The second-order valence-corrected chi connectivity index (χ2v) is 31.3. The first-order valence-electron chi connectivity index (χ1n) is 32.4. The van der Waals surface area contributed by atoms with E-state index < -0.39 is 27.7 Å². The van der Waals surface area contributed by atoms with Crippen LogP contribution in [0.3, 0.4) is 0 Å². The molecule has 3 aliphatic carbocycles. The van der Waals surface area contributed by atoms with Gasteiger partial charge in [-0.2, -0.15) is 0 Å². The van der Waals surface area contributed by atoms with Crippen LogP contribution in [0, 0.1) is 74.9 Å². The Balaban J connectivity index is 0.000000200. The molecule has 0 aromatic heterocycles. The quantitative estimate of drug-likeness (QED) is 0.250. The molecular formula is C70H114N4O8. The molecular weight excluding hydrogens is 1020 g/mol. The number of ketones is 4. The fourth-order valence-electron chi connectivity index (χ4n) is 14.4. The Labute approximate surface area is 497 Å². The van der Waals surface area contributed by atoms with Crippen molar-refractivity contribution in [1.29, 1.82) is 0 Å². The number of fused-ring (bicyclic) bond motifs is 4. The van der Waals surface area contributed by atoms with Gasteiger partial charge in [0.1, 0.15) is 6.04 Å². The number of nitrogens with zero attached hydrogens (tertiary/aromatic N) is 4. The number of hydrogen-bond donors (Lipinski definition) is 0. The zero-order valence-corrected chi connectivity index (χ0v) is 55.2. The summed E-state index contributed by atoms with van der Waals surface area (Å²) < 4.78 is 0. The van der Waals surface area contributed by atoms with Gasteiger partial charge in [-0.25, -0.2) is 0 Å². The average Bonchev–Trinajstić information content (AvgIpc) is 4.26. The van der Waals surface area contributed by atoms with E-state index in [9.17, 15) is 38.4 Å². The van der Waals surface area contributed by atoms with Crippen molar-refractivity contribution in [3.63, 3.8) is 0 Å². The molecule has 7 aliphatic rings. The summed E-state index contributed by atoms with van der Waals surface area (Å²) in [6.45, 7) is 41.1. The SMILES string of the molecule is CC(C)C(=O)C1CC2CCCC2CN1C(=O)C(C)(C)C.CC(C)C(=O)C1CC2CCCCC2CN1C(=O)C(C)(C)C.CC(C)C(=O)C1CCC2CCCC2N1C(=O)C(C)(C)C.CC(C)C(=O)C1c2ccccc2CCN1C(=O)C(C)(C)C. The number of amides is 4. The van der Waals surface area contributed by atoms with Crippen LogP contribution in [0.5, 0.6) is 0 Å². The molecule has 4 aliphatic heterocycles. The first-order chi connectivity index (χ1) is 37.9. The van der Waals surface area contributed by atoms with Crippen molar-refractivity contribution in [3.8, 4) is 0 Å². The third-order valence-electron chi connectivity index (χ3n) is 19.1. The first kappa shape index (κ1) is 68.6. The normalized spacial score (nSPS) is 27.4. The van der Waals surface area contributed by atoms with Crippen LogP contribution in [0.1, 0.15) is 246 Å². The number of carbonyl (C=O) groups excluding carboxylic acids is 8. The highest BCUT2D eigenvalue weighted by Crippen LogP contribution is 2.45. The molecule has 462 valence electrons. The lowest BCUT2D eigenvalue weighted by Crippen LogP contribution is -2.58. The molecule has 4 amide bonds. The molecule has 6 fully saturated rings. The summed E-state index contributed by atoms with van der Waals surface area (Å²) in [7, 11) is 0. The molecule has 3 saturated carbocycles. The summed E-state index contributed by atoms with van der Waals surface area (Å²) in [5.74, 6) is 4.45. The molecule has 8 rings (SSSR count). The van der Waals surface area contributed by atoms with Crippen LogP contribution in [0.15, 0.2) is 24.3 Å². The average molecular weight is 1140 g/mol. The molecule has 0 radical (unpaired) electrons. The van der Waals surface area contributed by atoms with E-state index in [0.29, 0.717) is 42.2 Å². The number of carbonyl (C=O) groups is 8. The van der Waals surface area contributed by atoms with E-state index >= 15 is 0 Å². The highest BCUT2D eigenvalue weighted by Gasteiger charge is 2.49. The lowest BCUT2D eigenvalue weighted by atomic mass is 9.71. The van der Waals surface area contributed by atoms with Crippen molar-refractivity contribution in [2.75, 3.05) is 19.6 Å². The summed E-state index contributed by atoms with van der Waals surface area (Å²) in [5, 5.41) is 0. The van der Waals surface area contributed by atoms with Gasteiger partial charge in [-0.15, -0.1) is 0 Å². The Morgan fingerprint density at radius 1 is 0.402 bits per heavy atom. The lowest BCUT2D eigenvalue weighted by Gasteiger charge is -2.47. The van der Waals surface area contributed by atoms with Gasteiger partial charge in [0.15, 0.2) is 23.1 Å². The Bertz CT molecular complexity index is 2390. The summed E-state index contributed by atoms with van der Waals surface area (Å²) in [5.41, 5.74) is 0.509. The molecule has 3 saturated heterocycles. The third kappa shape index (κ3) is 16.6. The molecule has 10 atom stereocenters. The zero-order chi connectivity index (χ0) is 61.7. The van der Waals surface area contributed by atoms with E-state index in [-0.39, 0.29) is 88.6 Å². The molecule has 0 N–H and O–H groups in total. The van der Waals surface area contributed by atoms with Crippen molar-refractivity contribution in [1.82, 2.24) is 19.6 Å². The summed E-state index contributed by atoms with van der Waals surface area (Å²) in [4.78, 5) is 109. The number of piperidine rings is 3. The second-order valence-electron chi connectivity index (χ2n) is 31.3. The Morgan fingerprint density at radius 3 is 1.23 bits per heavy atom. The van der Waals surface area contributed by atoms with Gasteiger partial charge in [-0.1, -0.05) is 201 Å². The maximum Gasteiger partial charge on any atom is 0.228 e. The van der Waals surface area contributed by atoms with Gasteiger partial charge in [-0.3, -0.25) is 38.4 Å². The molecule has 0 bridgehead atoms. The smallest absolute Gasteiger partial charge is 0.228 e. The highest BCUT2D eigenvalue weighted by molar-refractivity contribution is 5.95. The first-order valence-corrected chi connectivity index (χ1v) is 32.4. The molecule has 12 nitrogen and oxygen atoms in total. The van der Waals surface area contributed by atoms with Gasteiger partial charge in [0, 0.05) is 71.0 Å². The zero-order valence-electron chi connectivity index (χ0n) is 55.2. The van der Waals surface area contributed by atoms with E-state index in [0.717, 1.165) is 57.2 Å². The van der Waals surface area contributed by atoms with Gasteiger partial charge in [0.2, 0.25) is 23.6 Å². The predicted molar refractivity (Wildman–Crippen MR) is 329 cm³/mol. The molecule has 4 heterocycles. The van der Waals surface area contributed by atoms with Crippen molar-refractivity contribution >= 4 is 46.8 Å². The molecule has 10 unspecified atom stereocenters. The van der Waals surface area contributed by atoms with Crippen LogP contribution in [0.25, 0.3) is 0 Å². The van der Waals surface area contributed by atoms with Crippen molar-refractivity contribution in [2.45, 2.75) is 265 Å². The maximum atomic E-state index is 12.9. The largest absolute Gasteiger partial charge is 0.332 e. The Hall–Kier alpha value is -4.22. The number of Topliss-reactive ketones (excluding diaryl/α,β-unsaturated/α-hetero) is 4. The van der Waals surface area contributed by atoms with Crippen molar-refractivity contribution < 1.29 is 38.4 Å². The standard InChI is InChI=1S/C18H31NO2.C18H25NO2.2C17H29NO2/c1-12(2)16(20)15-10-13-8-6-7-9-14(13)11-19(15)17(21)18(3,4)5;1-12(2)16(20)15-14-9-7-6-8-13(14)10-11-19(15)17(21)18(3,4)5;1-11(2)15(19)14-9-12-7-6-8-13(12)10-18(14)16(20)17(3,4)5;1-11(2)15(19)14-10-9-12-7-6-8-13(12)18(14)16(20)17(3,4)5/h12-15H,6-11H2,1-5H3;6-9,12,15H,10-11H2,1-5H3;2*11-14H,6-10H2,1-5H3. The highest BCUT2D eigenvalue weighted by atomic mass is 16.2. The van der Waals surface area contributed by atoms with Crippen LogP contribution in [0.2, 0.25) is 0 Å². The fraction of sp³-hybridized carbons (Fsp3) is 0.800. The van der Waals surface area contributed by atoms with E-state index in [4.69, 9.17) is 0 Å². The van der Waals surface area contributed by atoms with E-state index in [1.165, 1.54) is 63.4 Å². The Kier molecular flexibility index (Phi) is 23.3. The molecule has 0 spiro atoms. The summed E-state index contributed by atoms with van der Waals surface area (Å²) in [6.07, 6.45) is 16.8. The topological polar surface area (TPSA) is 150 Å². The lowest BCUT2D eigenvalue weighted by molar-refractivity contribution is -0.154. The van der Waals surface area contributed by atoms with Crippen LogP contribution < -0.4 is 0 Å². The van der Waals surface area contributed by atoms with Crippen molar-refractivity contribution in [3.05, 3.63) is 35.4 Å². The minimum atomic E-state index is -0.470. The van der Waals surface area contributed by atoms with Gasteiger partial charge in [0.05, 0.1) is 18.1 Å². The van der Waals surface area contributed by atoms with Gasteiger partial charge < -0.3 is 19.6 Å². The van der Waals surface area contributed by atoms with Gasteiger partial charge in [0.25, 0.3) is 0 Å². The van der Waals surface area contributed by atoms with Crippen LogP contribution in [0.4, 0.5) is 0 Å². The number of benzene rings is 1. The van der Waals surface area contributed by atoms with Crippen LogP contribution >= 0.6 is 0 Å². The molecule has 12 heteroatoms. The summed E-state index contributed by atoms with van der Waals surface area (Å²) in [6, 6.07) is 7.33. The minimum Gasteiger partial charge on any atom is -0.332 e. The monoisotopic (exact) mass is 1140 g/mol. The Morgan fingerprint density at radius 2 is 0.780 bits per heavy atom.